The Morgan fingerprint density at radius 1 is 1.14 bits per heavy atom. The Morgan fingerprint density at radius 2 is 1.71 bits per heavy atom. The summed E-state index contributed by atoms with van der Waals surface area (Å²) in [5.41, 5.74) is -0.478. The number of ether oxygens (including phenoxy) is 2. The molecule has 2 unspecified atom stereocenters. The van der Waals surface area contributed by atoms with E-state index in [1.807, 2.05) is 25.7 Å². The molecule has 1 amide bonds. The number of piperidine rings is 2. The van der Waals surface area contributed by atoms with E-state index in [-0.39, 0.29) is 36.5 Å². The molecule has 2 aliphatic heterocycles. The first-order valence-corrected chi connectivity index (χ1v) is 7.85. The number of carbonyl (C=O) groups is 2. The van der Waals surface area contributed by atoms with Crippen LogP contribution in [0, 0.1) is 5.92 Å². The maximum atomic E-state index is 12.4. The fourth-order valence-corrected chi connectivity index (χ4v) is 3.52. The van der Waals surface area contributed by atoms with E-state index in [2.05, 4.69) is 0 Å². The highest BCUT2D eigenvalue weighted by Gasteiger charge is 2.44. The fraction of sp³-hybridized carbons (Fsp3) is 0.875. The van der Waals surface area contributed by atoms with Crippen LogP contribution in [0.25, 0.3) is 0 Å². The molecule has 2 fully saturated rings. The van der Waals surface area contributed by atoms with Gasteiger partial charge < -0.3 is 14.4 Å². The van der Waals surface area contributed by atoms with Crippen molar-refractivity contribution in [2.45, 2.75) is 70.6 Å². The Morgan fingerprint density at radius 3 is 2.19 bits per heavy atom. The Bertz CT molecular complexity index is 388. The van der Waals surface area contributed by atoms with Gasteiger partial charge in [0.05, 0.1) is 0 Å². The molecule has 2 rings (SSSR count). The highest BCUT2D eigenvalue weighted by Crippen LogP contribution is 2.38. The molecule has 21 heavy (non-hydrogen) atoms. The van der Waals surface area contributed by atoms with Crippen LogP contribution >= 0.6 is 0 Å². The summed E-state index contributed by atoms with van der Waals surface area (Å²) in [6, 6.07) is 0.274. The smallest absolute Gasteiger partial charge is 0.410 e. The topological polar surface area (TPSA) is 55.8 Å². The maximum absolute atomic E-state index is 12.4. The Labute approximate surface area is 127 Å². The molecule has 120 valence electrons. The number of rotatable bonds is 3. The van der Waals surface area contributed by atoms with Crippen LogP contribution in [-0.2, 0) is 14.3 Å². The van der Waals surface area contributed by atoms with Crippen molar-refractivity contribution in [1.82, 2.24) is 4.90 Å². The Kier molecular flexibility index (Phi) is 4.91. The Hall–Kier alpha value is -1.10. The van der Waals surface area contributed by atoms with Gasteiger partial charge in [-0.05, 0) is 52.9 Å². The summed E-state index contributed by atoms with van der Waals surface area (Å²) >= 11 is 0. The van der Waals surface area contributed by atoms with Gasteiger partial charge in [0.1, 0.15) is 12.2 Å². The second-order valence-corrected chi connectivity index (χ2v) is 7.19. The second-order valence-electron chi connectivity index (χ2n) is 7.19. The van der Waals surface area contributed by atoms with Crippen molar-refractivity contribution in [3.05, 3.63) is 0 Å². The molecule has 0 N–H and O–H groups in total. The maximum Gasteiger partial charge on any atom is 0.410 e. The molecule has 2 heterocycles. The lowest BCUT2D eigenvalue weighted by Crippen LogP contribution is -2.56. The van der Waals surface area contributed by atoms with E-state index in [4.69, 9.17) is 9.47 Å². The predicted molar refractivity (Wildman–Crippen MR) is 79.1 cm³/mol. The monoisotopic (exact) mass is 297 g/mol. The van der Waals surface area contributed by atoms with Crippen molar-refractivity contribution in [1.29, 1.82) is 0 Å². The van der Waals surface area contributed by atoms with Crippen molar-refractivity contribution in [3.63, 3.8) is 0 Å². The quantitative estimate of drug-likeness (QED) is 0.804. The zero-order valence-electron chi connectivity index (χ0n) is 13.6. The van der Waals surface area contributed by atoms with Crippen molar-refractivity contribution >= 4 is 11.9 Å². The van der Waals surface area contributed by atoms with Gasteiger partial charge in [-0.1, -0.05) is 0 Å². The van der Waals surface area contributed by atoms with Gasteiger partial charge >= 0.3 is 6.09 Å². The van der Waals surface area contributed by atoms with E-state index in [9.17, 15) is 9.59 Å². The minimum atomic E-state index is -0.478. The van der Waals surface area contributed by atoms with Gasteiger partial charge in [-0.15, -0.1) is 0 Å². The number of methoxy groups -OCH3 is 1. The van der Waals surface area contributed by atoms with Crippen LogP contribution in [0.4, 0.5) is 4.79 Å². The third kappa shape index (κ3) is 3.96. The van der Waals surface area contributed by atoms with Gasteiger partial charge in [0, 0.05) is 25.1 Å². The minimum Gasteiger partial charge on any atom is -0.444 e. The number of amides is 1. The molecule has 5 nitrogen and oxygen atoms in total. The molecule has 0 spiro atoms. The van der Waals surface area contributed by atoms with Gasteiger partial charge in [-0.25, -0.2) is 4.79 Å². The van der Waals surface area contributed by atoms with Crippen molar-refractivity contribution < 1.29 is 19.1 Å². The SMILES string of the molecule is COCC(=O)C1CC2CCCC(C1)N2C(=O)OC(C)(C)C. The molecule has 2 atom stereocenters. The summed E-state index contributed by atoms with van der Waals surface area (Å²) < 4.78 is 10.5. The lowest BCUT2D eigenvalue weighted by atomic mass is 9.77. The van der Waals surface area contributed by atoms with Gasteiger partial charge in [-0.3, -0.25) is 4.79 Å². The second kappa shape index (κ2) is 6.34. The van der Waals surface area contributed by atoms with Crippen molar-refractivity contribution in [3.8, 4) is 0 Å². The van der Waals surface area contributed by atoms with Crippen molar-refractivity contribution in [2.75, 3.05) is 13.7 Å². The number of Topliss-reactive ketones (excluding diaryl/α,β-unsaturated/α-hetero) is 1. The summed E-state index contributed by atoms with van der Waals surface area (Å²) in [5, 5.41) is 0. The largest absolute Gasteiger partial charge is 0.444 e. The molecule has 0 aliphatic carbocycles. The normalized spacial score (nSPS) is 29.1. The number of hydrogen-bond donors (Lipinski definition) is 0. The van der Waals surface area contributed by atoms with Crippen LogP contribution in [0.2, 0.25) is 0 Å². The zero-order chi connectivity index (χ0) is 15.6. The third-order valence-electron chi connectivity index (χ3n) is 4.32. The van der Waals surface area contributed by atoms with E-state index in [0.29, 0.717) is 0 Å². The van der Waals surface area contributed by atoms with Crippen LogP contribution in [0.1, 0.15) is 52.9 Å². The van der Waals surface area contributed by atoms with Gasteiger partial charge in [0.15, 0.2) is 5.78 Å². The van der Waals surface area contributed by atoms with E-state index < -0.39 is 5.60 Å². The van der Waals surface area contributed by atoms with E-state index in [1.54, 1.807) is 7.11 Å². The third-order valence-corrected chi connectivity index (χ3v) is 4.32. The average molecular weight is 297 g/mol. The summed E-state index contributed by atoms with van der Waals surface area (Å²) in [5.74, 6) is 0.192. The molecular weight excluding hydrogens is 270 g/mol. The van der Waals surface area contributed by atoms with Crippen LogP contribution < -0.4 is 0 Å². The first-order valence-electron chi connectivity index (χ1n) is 7.85. The van der Waals surface area contributed by atoms with E-state index in [0.717, 1.165) is 32.1 Å². The van der Waals surface area contributed by atoms with Crippen LogP contribution in [0.15, 0.2) is 0 Å². The molecule has 0 aromatic rings. The Balaban J connectivity index is 2.06. The molecule has 2 aliphatic rings. The number of hydrogen-bond acceptors (Lipinski definition) is 4. The summed E-state index contributed by atoms with van der Waals surface area (Å²) in [4.78, 5) is 26.4. The lowest BCUT2D eigenvalue weighted by Gasteiger charge is -2.48. The van der Waals surface area contributed by atoms with Crippen LogP contribution in [-0.4, -0.2) is 48.2 Å². The molecule has 0 aromatic carbocycles. The number of ketones is 1. The van der Waals surface area contributed by atoms with E-state index in [1.165, 1.54) is 0 Å². The molecule has 5 heteroatoms. The number of nitrogens with zero attached hydrogens (tertiary/aromatic N) is 1. The first-order chi connectivity index (χ1) is 9.81. The van der Waals surface area contributed by atoms with Crippen LogP contribution in [0.5, 0.6) is 0 Å². The standard InChI is InChI=1S/C16H27NO4/c1-16(2,3)21-15(19)17-12-6-5-7-13(17)9-11(8-12)14(18)10-20-4/h11-13H,5-10H2,1-4H3. The van der Waals surface area contributed by atoms with Gasteiger partial charge in [0.25, 0.3) is 0 Å². The average Bonchev–Trinajstić information content (AvgIpc) is 2.35. The molecule has 0 saturated carbocycles. The summed E-state index contributed by atoms with van der Waals surface area (Å²) in [6.07, 6.45) is 4.32. The number of carbonyl (C=O) groups excluding carboxylic acids is 2. The molecule has 2 bridgehead atoms. The van der Waals surface area contributed by atoms with Gasteiger partial charge in [-0.2, -0.15) is 0 Å². The first kappa shape index (κ1) is 16.3. The van der Waals surface area contributed by atoms with E-state index >= 15 is 0 Å². The highest BCUT2D eigenvalue weighted by atomic mass is 16.6. The highest BCUT2D eigenvalue weighted by molar-refractivity contribution is 5.82. The van der Waals surface area contributed by atoms with Crippen molar-refractivity contribution in [2.24, 2.45) is 5.92 Å². The molecule has 0 aromatic heterocycles. The number of fused-ring (bicyclic) bond motifs is 2. The summed E-state index contributed by atoms with van der Waals surface area (Å²) in [7, 11) is 1.55. The minimum absolute atomic E-state index is 0.0268. The molecule has 2 saturated heterocycles. The molecule has 0 radical (unpaired) electrons. The molecular formula is C16H27NO4. The zero-order valence-corrected chi connectivity index (χ0v) is 13.6. The van der Waals surface area contributed by atoms with Gasteiger partial charge in [0.2, 0.25) is 0 Å². The fourth-order valence-electron chi connectivity index (χ4n) is 3.52. The summed E-state index contributed by atoms with van der Waals surface area (Å²) in [6.45, 7) is 5.83. The lowest BCUT2D eigenvalue weighted by molar-refractivity contribution is -0.130. The predicted octanol–water partition coefficient (Wildman–Crippen LogP) is 2.77. The van der Waals surface area contributed by atoms with Crippen LogP contribution in [0.3, 0.4) is 0 Å².